The van der Waals surface area contributed by atoms with Crippen LogP contribution in [0.5, 0.6) is 5.75 Å². The number of carbonyl (C=O) groups excluding carboxylic acids is 2. The van der Waals surface area contributed by atoms with Gasteiger partial charge in [0.1, 0.15) is 19.0 Å². The summed E-state index contributed by atoms with van der Waals surface area (Å²) in [5.41, 5.74) is 0. The van der Waals surface area contributed by atoms with Crippen molar-refractivity contribution in [1.82, 2.24) is 0 Å². The SMILES string of the molecule is CCOC(=O)COCC(=O)Oc1ccccc1Cl. The lowest BCUT2D eigenvalue weighted by molar-refractivity contribution is -0.151. The molecular weight excluding hydrogens is 260 g/mol. The van der Waals surface area contributed by atoms with Crippen LogP contribution in [0.1, 0.15) is 6.92 Å². The molecule has 0 atom stereocenters. The Balaban J connectivity index is 2.30. The summed E-state index contributed by atoms with van der Waals surface area (Å²) in [7, 11) is 0. The van der Waals surface area contributed by atoms with Gasteiger partial charge < -0.3 is 14.2 Å². The number of para-hydroxylation sites is 1. The van der Waals surface area contributed by atoms with Crippen LogP contribution in [0.4, 0.5) is 0 Å². The molecule has 0 heterocycles. The van der Waals surface area contributed by atoms with Crippen molar-refractivity contribution >= 4 is 23.5 Å². The summed E-state index contributed by atoms with van der Waals surface area (Å²) in [5.74, 6) is -0.903. The fourth-order valence-corrected chi connectivity index (χ4v) is 1.27. The van der Waals surface area contributed by atoms with Crippen molar-refractivity contribution in [1.29, 1.82) is 0 Å². The number of benzene rings is 1. The lowest BCUT2D eigenvalue weighted by Gasteiger charge is -2.06. The zero-order valence-electron chi connectivity index (χ0n) is 9.85. The van der Waals surface area contributed by atoms with Crippen LogP contribution in [0.3, 0.4) is 0 Å². The van der Waals surface area contributed by atoms with Crippen molar-refractivity contribution in [3.05, 3.63) is 29.3 Å². The van der Waals surface area contributed by atoms with Crippen molar-refractivity contribution in [2.24, 2.45) is 0 Å². The van der Waals surface area contributed by atoms with E-state index >= 15 is 0 Å². The standard InChI is InChI=1S/C12H13ClO5/c1-2-17-11(14)7-16-8-12(15)18-10-6-4-3-5-9(10)13/h3-6H,2,7-8H2,1H3. The molecule has 1 rings (SSSR count). The molecular formula is C12H13ClO5. The van der Waals surface area contributed by atoms with E-state index in [4.69, 9.17) is 21.1 Å². The minimum atomic E-state index is -0.632. The minimum absolute atomic E-state index is 0.254. The highest BCUT2D eigenvalue weighted by atomic mass is 35.5. The molecule has 1 aromatic carbocycles. The molecule has 0 aliphatic rings. The maximum Gasteiger partial charge on any atom is 0.337 e. The molecule has 6 heteroatoms. The van der Waals surface area contributed by atoms with Crippen LogP contribution in [0.2, 0.25) is 5.02 Å². The summed E-state index contributed by atoms with van der Waals surface area (Å²) in [6.45, 7) is 1.32. The van der Waals surface area contributed by atoms with Gasteiger partial charge in [0.25, 0.3) is 0 Å². The van der Waals surface area contributed by atoms with Gasteiger partial charge in [0.2, 0.25) is 0 Å². The third-order valence-corrected chi connectivity index (χ3v) is 2.12. The average Bonchev–Trinajstić information content (AvgIpc) is 2.32. The van der Waals surface area contributed by atoms with Gasteiger partial charge in [-0.2, -0.15) is 0 Å². The molecule has 18 heavy (non-hydrogen) atoms. The second-order valence-electron chi connectivity index (χ2n) is 3.20. The molecule has 0 aromatic heterocycles. The monoisotopic (exact) mass is 272 g/mol. The zero-order chi connectivity index (χ0) is 13.4. The highest BCUT2D eigenvalue weighted by molar-refractivity contribution is 6.32. The summed E-state index contributed by atoms with van der Waals surface area (Å²) in [4.78, 5) is 22.3. The molecule has 0 fully saturated rings. The topological polar surface area (TPSA) is 61.8 Å². The van der Waals surface area contributed by atoms with Crippen LogP contribution in [0, 0.1) is 0 Å². The Hall–Kier alpha value is -1.59. The van der Waals surface area contributed by atoms with Gasteiger partial charge in [-0.25, -0.2) is 9.59 Å². The second kappa shape index (κ2) is 7.68. The first-order valence-electron chi connectivity index (χ1n) is 5.32. The van der Waals surface area contributed by atoms with Crippen molar-refractivity contribution in [3.8, 4) is 5.75 Å². The molecule has 0 aliphatic heterocycles. The lowest BCUT2D eigenvalue weighted by atomic mass is 10.3. The Kier molecular flexibility index (Phi) is 6.18. The maximum absolute atomic E-state index is 11.3. The van der Waals surface area contributed by atoms with Gasteiger partial charge in [0.15, 0.2) is 0 Å². The van der Waals surface area contributed by atoms with Gasteiger partial charge in [-0.1, -0.05) is 23.7 Å². The number of rotatable bonds is 6. The summed E-state index contributed by atoms with van der Waals surface area (Å²) in [6, 6.07) is 6.57. The van der Waals surface area contributed by atoms with Crippen LogP contribution in [-0.4, -0.2) is 31.8 Å². The van der Waals surface area contributed by atoms with E-state index in [0.29, 0.717) is 5.02 Å². The van der Waals surface area contributed by atoms with Gasteiger partial charge in [-0.15, -0.1) is 0 Å². The predicted molar refractivity (Wildman–Crippen MR) is 64.5 cm³/mol. The van der Waals surface area contributed by atoms with Gasteiger partial charge in [-0.05, 0) is 19.1 Å². The van der Waals surface area contributed by atoms with E-state index in [1.54, 1.807) is 31.2 Å². The second-order valence-corrected chi connectivity index (χ2v) is 3.61. The molecule has 1 aromatic rings. The van der Waals surface area contributed by atoms with Gasteiger partial charge in [0, 0.05) is 0 Å². The van der Waals surface area contributed by atoms with E-state index in [0.717, 1.165) is 0 Å². The number of hydrogen-bond acceptors (Lipinski definition) is 5. The van der Waals surface area contributed by atoms with E-state index < -0.39 is 11.9 Å². The fourth-order valence-electron chi connectivity index (χ4n) is 1.10. The third-order valence-electron chi connectivity index (χ3n) is 1.81. The van der Waals surface area contributed by atoms with E-state index in [-0.39, 0.29) is 25.6 Å². The summed E-state index contributed by atoms with van der Waals surface area (Å²) >= 11 is 5.80. The zero-order valence-corrected chi connectivity index (χ0v) is 10.6. The predicted octanol–water partition coefficient (Wildman–Crippen LogP) is 1.83. The van der Waals surface area contributed by atoms with E-state index in [9.17, 15) is 9.59 Å². The smallest absolute Gasteiger partial charge is 0.337 e. The average molecular weight is 273 g/mol. The van der Waals surface area contributed by atoms with Gasteiger partial charge >= 0.3 is 11.9 Å². The first-order valence-corrected chi connectivity index (χ1v) is 5.70. The van der Waals surface area contributed by atoms with E-state index in [2.05, 4.69) is 4.74 Å². The third kappa shape index (κ3) is 5.16. The molecule has 0 saturated heterocycles. The number of ether oxygens (including phenoxy) is 3. The Bertz CT molecular complexity index is 419. The van der Waals surface area contributed by atoms with E-state index in [1.807, 2.05) is 0 Å². The Labute approximate surface area is 110 Å². The molecule has 0 amide bonds. The highest BCUT2D eigenvalue weighted by Gasteiger charge is 2.09. The molecule has 0 N–H and O–H groups in total. The van der Waals surface area contributed by atoms with Crippen LogP contribution < -0.4 is 4.74 Å². The van der Waals surface area contributed by atoms with Crippen LogP contribution in [0.25, 0.3) is 0 Å². The van der Waals surface area contributed by atoms with Crippen molar-refractivity contribution in [2.75, 3.05) is 19.8 Å². The largest absolute Gasteiger partial charge is 0.464 e. The summed E-state index contributed by atoms with van der Waals surface area (Å²) in [6.07, 6.45) is 0. The number of esters is 2. The van der Waals surface area contributed by atoms with Crippen molar-refractivity contribution in [3.63, 3.8) is 0 Å². The normalized spacial score (nSPS) is 9.89. The molecule has 0 aliphatic carbocycles. The first kappa shape index (κ1) is 14.5. The molecule has 0 radical (unpaired) electrons. The molecule has 0 saturated carbocycles. The molecule has 5 nitrogen and oxygen atoms in total. The van der Waals surface area contributed by atoms with Crippen LogP contribution in [0.15, 0.2) is 24.3 Å². The summed E-state index contributed by atoms with van der Waals surface area (Å²) < 4.78 is 14.4. The van der Waals surface area contributed by atoms with Crippen molar-refractivity contribution in [2.45, 2.75) is 6.92 Å². The highest BCUT2D eigenvalue weighted by Crippen LogP contribution is 2.22. The minimum Gasteiger partial charge on any atom is -0.464 e. The van der Waals surface area contributed by atoms with Crippen LogP contribution >= 0.6 is 11.6 Å². The first-order chi connectivity index (χ1) is 8.63. The Morgan fingerprint density at radius 2 is 1.83 bits per heavy atom. The molecule has 0 unspecified atom stereocenters. The van der Waals surface area contributed by atoms with E-state index in [1.165, 1.54) is 0 Å². The number of halogens is 1. The van der Waals surface area contributed by atoms with Crippen molar-refractivity contribution < 1.29 is 23.8 Å². The fraction of sp³-hybridized carbons (Fsp3) is 0.333. The Morgan fingerprint density at radius 1 is 1.17 bits per heavy atom. The molecule has 98 valence electrons. The van der Waals surface area contributed by atoms with Gasteiger partial charge in [-0.3, -0.25) is 0 Å². The quantitative estimate of drug-likeness (QED) is 0.584. The lowest BCUT2D eigenvalue weighted by Crippen LogP contribution is -2.20. The van der Waals surface area contributed by atoms with Crippen LogP contribution in [-0.2, 0) is 19.1 Å². The van der Waals surface area contributed by atoms with Gasteiger partial charge in [0.05, 0.1) is 11.6 Å². The molecule has 0 spiro atoms. The maximum atomic E-state index is 11.3. The molecule has 0 bridgehead atoms. The number of hydrogen-bond donors (Lipinski definition) is 0. The number of carbonyl (C=O) groups is 2. The summed E-state index contributed by atoms with van der Waals surface area (Å²) in [5, 5.41) is 0.330. The Morgan fingerprint density at radius 3 is 2.50 bits per heavy atom.